The van der Waals surface area contributed by atoms with Gasteiger partial charge in [0.25, 0.3) is 0 Å². The molecule has 1 heterocycles. The lowest BCUT2D eigenvalue weighted by Crippen LogP contribution is -2.48. The first-order valence-electron chi connectivity index (χ1n) is 7.17. The molecule has 2 N–H and O–H groups in total. The number of nitrogens with zero attached hydrogens (tertiary/aromatic N) is 2. The number of rotatable bonds is 4. The number of morpholine rings is 1. The van der Waals surface area contributed by atoms with Gasteiger partial charge in [-0.2, -0.15) is 0 Å². The topological polar surface area (TPSA) is 48.9 Å². The molecule has 1 aliphatic heterocycles. The van der Waals surface area contributed by atoms with Gasteiger partial charge in [0.15, 0.2) is 5.96 Å². The van der Waals surface area contributed by atoms with Crippen LogP contribution in [0.3, 0.4) is 0 Å². The standard InChI is InChI=1S/C15H23FN4O.HI/c1-17-15(18-9-12-5-3-4-6-14(12)16)19-10-13-11-20(2)7-8-21-13;/h3-6,13H,7-11H2,1-2H3,(H2,17,18,19);1H. The van der Waals surface area contributed by atoms with E-state index in [1.54, 1.807) is 19.2 Å². The molecule has 0 amide bonds. The summed E-state index contributed by atoms with van der Waals surface area (Å²) in [6.07, 6.45) is 0.149. The molecule has 5 nitrogen and oxygen atoms in total. The van der Waals surface area contributed by atoms with Crippen LogP contribution in [0.4, 0.5) is 4.39 Å². The van der Waals surface area contributed by atoms with E-state index in [0.717, 1.165) is 19.7 Å². The second kappa shape index (κ2) is 9.96. The largest absolute Gasteiger partial charge is 0.374 e. The van der Waals surface area contributed by atoms with E-state index in [1.165, 1.54) is 6.07 Å². The molecular weight excluding hydrogens is 398 g/mol. The number of nitrogens with one attached hydrogen (secondary N) is 2. The number of aliphatic imine (C=N–C) groups is 1. The van der Waals surface area contributed by atoms with E-state index in [4.69, 9.17) is 4.74 Å². The van der Waals surface area contributed by atoms with Crippen molar-refractivity contribution >= 4 is 29.9 Å². The summed E-state index contributed by atoms with van der Waals surface area (Å²) < 4.78 is 19.2. The Balaban J connectivity index is 0.00000242. The monoisotopic (exact) mass is 422 g/mol. The van der Waals surface area contributed by atoms with Crippen molar-refractivity contribution in [1.29, 1.82) is 0 Å². The maximum absolute atomic E-state index is 13.5. The fourth-order valence-electron chi connectivity index (χ4n) is 2.24. The maximum Gasteiger partial charge on any atom is 0.191 e. The van der Waals surface area contributed by atoms with Crippen molar-refractivity contribution in [3.63, 3.8) is 0 Å². The van der Waals surface area contributed by atoms with E-state index in [-0.39, 0.29) is 35.9 Å². The van der Waals surface area contributed by atoms with Crippen LogP contribution >= 0.6 is 24.0 Å². The van der Waals surface area contributed by atoms with Crippen LogP contribution in [0.2, 0.25) is 0 Å². The summed E-state index contributed by atoms with van der Waals surface area (Å²) >= 11 is 0. The Hall–Kier alpha value is -0.930. The zero-order chi connectivity index (χ0) is 15.1. The van der Waals surface area contributed by atoms with Gasteiger partial charge in [-0.1, -0.05) is 18.2 Å². The minimum absolute atomic E-state index is 0. The Morgan fingerprint density at radius 2 is 2.18 bits per heavy atom. The number of hydrogen-bond acceptors (Lipinski definition) is 3. The van der Waals surface area contributed by atoms with Crippen molar-refractivity contribution in [3.05, 3.63) is 35.6 Å². The van der Waals surface area contributed by atoms with Gasteiger partial charge in [-0.15, -0.1) is 24.0 Å². The fraction of sp³-hybridized carbons (Fsp3) is 0.533. The zero-order valence-electron chi connectivity index (χ0n) is 13.0. The summed E-state index contributed by atoms with van der Waals surface area (Å²) in [5.41, 5.74) is 0.620. The molecule has 7 heteroatoms. The molecule has 124 valence electrons. The van der Waals surface area contributed by atoms with E-state index in [1.807, 2.05) is 6.07 Å². The van der Waals surface area contributed by atoms with Crippen molar-refractivity contribution in [1.82, 2.24) is 15.5 Å². The number of halogens is 2. The van der Waals surface area contributed by atoms with Gasteiger partial charge in [-0.3, -0.25) is 4.99 Å². The van der Waals surface area contributed by atoms with Crippen LogP contribution in [0, 0.1) is 5.82 Å². The Bertz CT molecular complexity index is 486. The Kier molecular flexibility index (Phi) is 8.66. The summed E-state index contributed by atoms with van der Waals surface area (Å²) in [7, 11) is 3.78. The highest BCUT2D eigenvalue weighted by atomic mass is 127. The second-order valence-corrected chi connectivity index (χ2v) is 5.15. The van der Waals surface area contributed by atoms with Crippen LogP contribution in [0.15, 0.2) is 29.3 Å². The van der Waals surface area contributed by atoms with Crippen LogP contribution in [-0.4, -0.2) is 57.3 Å². The number of guanidine groups is 1. The molecule has 2 rings (SSSR count). The first kappa shape index (κ1) is 19.1. The highest BCUT2D eigenvalue weighted by Crippen LogP contribution is 2.05. The van der Waals surface area contributed by atoms with Gasteiger partial charge in [-0.25, -0.2) is 4.39 Å². The number of benzene rings is 1. The minimum Gasteiger partial charge on any atom is -0.374 e. The Morgan fingerprint density at radius 1 is 1.41 bits per heavy atom. The minimum atomic E-state index is -0.210. The van der Waals surface area contributed by atoms with Crippen molar-refractivity contribution in [3.8, 4) is 0 Å². The van der Waals surface area contributed by atoms with E-state index >= 15 is 0 Å². The predicted octanol–water partition coefficient (Wildman–Crippen LogP) is 1.44. The molecule has 0 aromatic heterocycles. The van der Waals surface area contributed by atoms with Gasteiger partial charge in [0, 0.05) is 38.8 Å². The molecule has 1 saturated heterocycles. The predicted molar refractivity (Wildman–Crippen MR) is 97.3 cm³/mol. The van der Waals surface area contributed by atoms with Crippen molar-refractivity contribution in [2.24, 2.45) is 4.99 Å². The van der Waals surface area contributed by atoms with Crippen molar-refractivity contribution in [2.45, 2.75) is 12.6 Å². The fourth-order valence-corrected chi connectivity index (χ4v) is 2.24. The average Bonchev–Trinajstić information content (AvgIpc) is 2.49. The highest BCUT2D eigenvalue weighted by Gasteiger charge is 2.17. The number of ether oxygens (including phenoxy) is 1. The molecule has 1 aliphatic rings. The summed E-state index contributed by atoms with van der Waals surface area (Å²) in [6.45, 7) is 3.71. The molecule has 0 bridgehead atoms. The number of hydrogen-bond donors (Lipinski definition) is 2. The third-order valence-corrected chi connectivity index (χ3v) is 3.47. The Morgan fingerprint density at radius 3 is 2.86 bits per heavy atom. The SMILES string of the molecule is CN=C(NCc1ccccc1F)NCC1CN(C)CCO1.I. The molecule has 1 aromatic rings. The van der Waals surface area contributed by atoms with Crippen LogP contribution in [0.25, 0.3) is 0 Å². The van der Waals surface area contributed by atoms with Gasteiger partial charge in [0.1, 0.15) is 5.82 Å². The lowest BCUT2D eigenvalue weighted by Gasteiger charge is -2.30. The molecule has 1 fully saturated rings. The van der Waals surface area contributed by atoms with Gasteiger partial charge >= 0.3 is 0 Å². The molecule has 0 saturated carbocycles. The summed E-state index contributed by atoms with van der Waals surface area (Å²) in [4.78, 5) is 6.38. The molecule has 1 atom stereocenters. The van der Waals surface area contributed by atoms with Crippen molar-refractivity contribution in [2.75, 3.05) is 40.3 Å². The molecule has 0 spiro atoms. The molecule has 0 radical (unpaired) electrons. The van der Waals surface area contributed by atoms with E-state index in [2.05, 4.69) is 27.6 Å². The lowest BCUT2D eigenvalue weighted by atomic mass is 10.2. The molecular formula is C15H24FIN4O. The van der Waals surface area contributed by atoms with Gasteiger partial charge in [0.2, 0.25) is 0 Å². The third kappa shape index (κ3) is 6.05. The number of likely N-dealkylation sites (N-methyl/N-ethyl adjacent to an activating group) is 1. The highest BCUT2D eigenvalue weighted by molar-refractivity contribution is 14.0. The van der Waals surface area contributed by atoms with Crippen LogP contribution in [0.5, 0.6) is 0 Å². The van der Waals surface area contributed by atoms with Crippen LogP contribution < -0.4 is 10.6 Å². The van der Waals surface area contributed by atoms with E-state index in [0.29, 0.717) is 24.6 Å². The quantitative estimate of drug-likeness (QED) is 0.438. The first-order valence-corrected chi connectivity index (χ1v) is 7.17. The molecule has 22 heavy (non-hydrogen) atoms. The van der Waals surface area contributed by atoms with E-state index in [9.17, 15) is 4.39 Å². The van der Waals surface area contributed by atoms with Gasteiger partial charge in [0.05, 0.1) is 12.7 Å². The van der Waals surface area contributed by atoms with Crippen LogP contribution in [-0.2, 0) is 11.3 Å². The lowest BCUT2D eigenvalue weighted by molar-refractivity contribution is -0.0161. The first-order chi connectivity index (χ1) is 10.2. The second-order valence-electron chi connectivity index (χ2n) is 5.15. The van der Waals surface area contributed by atoms with Crippen LogP contribution in [0.1, 0.15) is 5.56 Å². The van der Waals surface area contributed by atoms with Gasteiger partial charge in [-0.05, 0) is 13.1 Å². The molecule has 1 aromatic carbocycles. The van der Waals surface area contributed by atoms with E-state index < -0.39 is 0 Å². The summed E-state index contributed by atoms with van der Waals surface area (Å²) in [5.74, 6) is 0.438. The van der Waals surface area contributed by atoms with Crippen molar-refractivity contribution < 1.29 is 9.13 Å². The molecule has 1 unspecified atom stereocenters. The normalized spacial score (nSPS) is 19.4. The zero-order valence-corrected chi connectivity index (χ0v) is 15.3. The smallest absolute Gasteiger partial charge is 0.191 e. The average molecular weight is 422 g/mol. The van der Waals surface area contributed by atoms with Gasteiger partial charge < -0.3 is 20.3 Å². The maximum atomic E-state index is 13.5. The Labute approximate surface area is 148 Å². The third-order valence-electron chi connectivity index (χ3n) is 3.47. The summed E-state index contributed by atoms with van der Waals surface area (Å²) in [5, 5.41) is 6.32. The summed E-state index contributed by atoms with van der Waals surface area (Å²) in [6, 6.07) is 6.72. The molecule has 0 aliphatic carbocycles.